The molecule has 0 bridgehead atoms. The van der Waals surface area contributed by atoms with E-state index in [2.05, 4.69) is 194 Å². The third-order valence-corrected chi connectivity index (χ3v) is 14.0. The van der Waals surface area contributed by atoms with E-state index in [0.29, 0.717) is 0 Å². The highest BCUT2D eigenvalue weighted by Crippen LogP contribution is 2.64. The predicted molar refractivity (Wildman–Crippen MR) is 236 cm³/mol. The van der Waals surface area contributed by atoms with Crippen LogP contribution in [-0.4, -0.2) is 0 Å². The Bertz CT molecular complexity index is 3350. The van der Waals surface area contributed by atoms with Crippen molar-refractivity contribution < 1.29 is 0 Å². The largest absolute Gasteiger partial charge is 0.0888 e. The van der Waals surface area contributed by atoms with Crippen LogP contribution < -0.4 is 0 Å². The molecule has 10 aromatic rings. The number of benzene rings is 10. The van der Waals surface area contributed by atoms with Gasteiger partial charge in [-0.25, -0.2) is 0 Å². The third-order valence-electron chi connectivity index (χ3n) is 12.9. The highest BCUT2D eigenvalue weighted by Gasteiger charge is 2.52. The molecule has 1 heteroatoms. The zero-order valence-corrected chi connectivity index (χ0v) is 31.2. The van der Waals surface area contributed by atoms with Crippen LogP contribution in [0, 0.1) is 0 Å². The van der Waals surface area contributed by atoms with E-state index in [4.69, 9.17) is 0 Å². The Morgan fingerprint density at radius 1 is 0.304 bits per heavy atom. The molecule has 0 N–H and O–H groups in total. The van der Waals surface area contributed by atoms with Crippen LogP contribution in [-0.2, 0) is 5.41 Å². The first-order valence-corrected chi connectivity index (χ1v) is 20.3. The van der Waals surface area contributed by atoms with Crippen molar-refractivity contribution >= 4 is 44.1 Å². The van der Waals surface area contributed by atoms with Crippen LogP contribution in [0.3, 0.4) is 0 Å². The molecule has 0 aromatic heterocycles. The first-order valence-electron chi connectivity index (χ1n) is 19.5. The van der Waals surface area contributed by atoms with Crippen molar-refractivity contribution in [3.8, 4) is 55.6 Å². The minimum atomic E-state index is -0.409. The van der Waals surface area contributed by atoms with Gasteiger partial charge in [0.2, 0.25) is 0 Å². The molecule has 0 nitrogen and oxygen atoms in total. The van der Waals surface area contributed by atoms with Gasteiger partial charge in [-0.2, -0.15) is 0 Å². The van der Waals surface area contributed by atoms with Gasteiger partial charge in [0.05, 0.1) is 5.41 Å². The zero-order chi connectivity index (χ0) is 36.5. The summed E-state index contributed by atoms with van der Waals surface area (Å²) in [5.74, 6) is 0. The molecule has 0 saturated heterocycles. The van der Waals surface area contributed by atoms with E-state index in [9.17, 15) is 0 Å². The Morgan fingerprint density at radius 2 is 0.893 bits per heavy atom. The van der Waals surface area contributed by atoms with Gasteiger partial charge in [0, 0.05) is 15.2 Å². The normalized spacial score (nSPS) is 15.5. The molecule has 1 heterocycles. The molecule has 2 aliphatic carbocycles. The summed E-state index contributed by atoms with van der Waals surface area (Å²) in [6.45, 7) is 0. The maximum atomic E-state index is 2.52. The summed E-state index contributed by atoms with van der Waals surface area (Å²) in [5.41, 5.74) is 18.1. The molecule has 56 heavy (non-hydrogen) atoms. The number of hydrogen-bond donors (Lipinski definition) is 0. The van der Waals surface area contributed by atoms with Gasteiger partial charge < -0.3 is 0 Å². The van der Waals surface area contributed by atoms with Crippen LogP contribution in [0.15, 0.2) is 204 Å². The summed E-state index contributed by atoms with van der Waals surface area (Å²) in [6.07, 6.45) is 0. The Kier molecular flexibility index (Phi) is 6.13. The molecule has 1 atom stereocenters. The standard InChI is InChI=1S/C55H32S/c1-2-13-36-33(12-1)25-30-49-53(36)46-18-6-9-22-48(46)55(49)47-21-8-5-16-41(47)42-26-24-34(32-50(42)55)35-27-28-39(38-15-4-3-14-37(35)38)40-29-31-52-54-44(40)19-11-20-45(54)43-17-7-10-23-51(43)56-52/h1-32H. The predicted octanol–water partition coefficient (Wildman–Crippen LogP) is 15.0. The summed E-state index contributed by atoms with van der Waals surface area (Å²) >= 11 is 1.89. The fourth-order valence-electron chi connectivity index (χ4n) is 10.7. The van der Waals surface area contributed by atoms with Gasteiger partial charge in [-0.15, -0.1) is 0 Å². The van der Waals surface area contributed by atoms with Crippen molar-refractivity contribution in [2.24, 2.45) is 0 Å². The number of fused-ring (bicyclic) bond motifs is 15. The van der Waals surface area contributed by atoms with Gasteiger partial charge in [-0.1, -0.05) is 188 Å². The van der Waals surface area contributed by atoms with Crippen LogP contribution in [0.5, 0.6) is 0 Å². The smallest absolute Gasteiger partial charge is 0.0725 e. The first-order chi connectivity index (χ1) is 27.8. The molecule has 3 aliphatic rings. The Balaban J connectivity index is 1.04. The van der Waals surface area contributed by atoms with Crippen molar-refractivity contribution in [2.45, 2.75) is 15.2 Å². The molecular weight excluding hydrogens is 693 g/mol. The van der Waals surface area contributed by atoms with E-state index in [1.165, 1.54) is 120 Å². The molecule has 0 saturated carbocycles. The molecule has 1 spiro atoms. The summed E-state index contributed by atoms with van der Waals surface area (Å²) in [4.78, 5) is 2.65. The fraction of sp³-hybridized carbons (Fsp3) is 0.0182. The van der Waals surface area contributed by atoms with Crippen LogP contribution >= 0.6 is 11.8 Å². The second-order valence-electron chi connectivity index (χ2n) is 15.5. The van der Waals surface area contributed by atoms with Gasteiger partial charge in [-0.3, -0.25) is 0 Å². The molecule has 258 valence electrons. The molecule has 13 rings (SSSR count). The quantitative estimate of drug-likeness (QED) is 0.171. The maximum absolute atomic E-state index is 2.52. The molecular formula is C55H32S. The second kappa shape index (κ2) is 11.2. The van der Waals surface area contributed by atoms with Gasteiger partial charge in [-0.05, 0) is 123 Å². The second-order valence-corrected chi connectivity index (χ2v) is 16.5. The van der Waals surface area contributed by atoms with Crippen molar-refractivity contribution in [3.63, 3.8) is 0 Å². The van der Waals surface area contributed by atoms with Crippen LogP contribution in [0.2, 0.25) is 0 Å². The zero-order valence-electron chi connectivity index (χ0n) is 30.4. The van der Waals surface area contributed by atoms with Gasteiger partial charge in [0.15, 0.2) is 0 Å². The average molecular weight is 725 g/mol. The molecule has 10 aromatic carbocycles. The third kappa shape index (κ3) is 3.86. The minimum absolute atomic E-state index is 0.409. The van der Waals surface area contributed by atoms with Crippen molar-refractivity contribution in [3.05, 3.63) is 216 Å². The molecule has 1 unspecified atom stereocenters. The lowest BCUT2D eigenvalue weighted by molar-refractivity contribution is 0.795. The van der Waals surface area contributed by atoms with E-state index >= 15 is 0 Å². The highest BCUT2D eigenvalue weighted by molar-refractivity contribution is 7.99. The highest BCUT2D eigenvalue weighted by atomic mass is 32.2. The first kappa shape index (κ1) is 30.6. The molecule has 1 aliphatic heterocycles. The summed E-state index contributed by atoms with van der Waals surface area (Å²) in [5, 5.41) is 7.81. The molecule has 0 fully saturated rings. The van der Waals surface area contributed by atoms with Gasteiger partial charge >= 0.3 is 0 Å². The minimum Gasteiger partial charge on any atom is -0.0888 e. The monoisotopic (exact) mass is 724 g/mol. The number of rotatable bonds is 2. The molecule has 0 radical (unpaired) electrons. The summed E-state index contributed by atoms with van der Waals surface area (Å²) in [7, 11) is 0. The fourth-order valence-corrected chi connectivity index (χ4v) is 11.8. The van der Waals surface area contributed by atoms with Crippen LogP contribution in [0.25, 0.3) is 88.0 Å². The Morgan fingerprint density at radius 3 is 1.77 bits per heavy atom. The van der Waals surface area contributed by atoms with Crippen molar-refractivity contribution in [2.75, 3.05) is 0 Å². The topological polar surface area (TPSA) is 0 Å². The Hall–Kier alpha value is -6.67. The van der Waals surface area contributed by atoms with E-state index < -0.39 is 5.41 Å². The number of hydrogen-bond acceptors (Lipinski definition) is 1. The van der Waals surface area contributed by atoms with Gasteiger partial charge in [0.25, 0.3) is 0 Å². The Labute approximate surface area is 329 Å². The molecule has 0 amide bonds. The van der Waals surface area contributed by atoms with Crippen LogP contribution in [0.1, 0.15) is 22.3 Å². The summed E-state index contributed by atoms with van der Waals surface area (Å²) < 4.78 is 0. The lowest BCUT2D eigenvalue weighted by Crippen LogP contribution is -2.25. The lowest BCUT2D eigenvalue weighted by atomic mass is 9.70. The van der Waals surface area contributed by atoms with E-state index in [1.807, 2.05) is 11.8 Å². The summed E-state index contributed by atoms with van der Waals surface area (Å²) in [6, 6.07) is 73.3. The lowest BCUT2D eigenvalue weighted by Gasteiger charge is -2.31. The van der Waals surface area contributed by atoms with Crippen LogP contribution in [0.4, 0.5) is 0 Å². The van der Waals surface area contributed by atoms with Crippen molar-refractivity contribution in [1.82, 2.24) is 0 Å². The average Bonchev–Trinajstić information content (AvgIpc) is 3.74. The van der Waals surface area contributed by atoms with E-state index in [1.54, 1.807) is 0 Å². The van der Waals surface area contributed by atoms with Crippen molar-refractivity contribution in [1.29, 1.82) is 0 Å². The van der Waals surface area contributed by atoms with Gasteiger partial charge in [0.1, 0.15) is 0 Å². The van der Waals surface area contributed by atoms with E-state index in [-0.39, 0.29) is 0 Å². The SMILES string of the molecule is c1ccc2c(c1)Sc1ccc(-c3ccc(-c4ccc5c(c4)C4(c6ccccc6-5)c5ccccc5-c5c4ccc4ccccc54)c4ccccc34)c3cccc-2c13. The van der Waals surface area contributed by atoms with E-state index in [0.717, 1.165) is 0 Å². The maximum Gasteiger partial charge on any atom is 0.0725 e.